The molecule has 2 N–H and O–H groups in total. The van der Waals surface area contributed by atoms with E-state index in [0.717, 1.165) is 31.6 Å². The fraction of sp³-hybridized carbons (Fsp3) is 0.968. The van der Waals surface area contributed by atoms with Gasteiger partial charge in [0.2, 0.25) is 0 Å². The minimum Gasteiger partial charge on any atom is -0.463 e. The predicted molar refractivity (Wildman–Crippen MR) is 150 cm³/mol. The zero-order valence-corrected chi connectivity index (χ0v) is 23.9. The van der Waals surface area contributed by atoms with Crippen molar-refractivity contribution < 1.29 is 19.7 Å². The molecule has 0 heterocycles. The Kier molecular flexibility index (Phi) is 26.0. The number of hydrogen-bond acceptors (Lipinski definition) is 4. The highest BCUT2D eigenvalue weighted by Gasteiger charge is 2.20. The van der Waals surface area contributed by atoms with Gasteiger partial charge in [-0.15, -0.1) is 0 Å². The fourth-order valence-electron chi connectivity index (χ4n) is 4.79. The van der Waals surface area contributed by atoms with Gasteiger partial charge in [-0.1, -0.05) is 149 Å². The monoisotopic (exact) mass is 498 g/mol. The van der Waals surface area contributed by atoms with Crippen LogP contribution < -0.4 is 0 Å². The van der Waals surface area contributed by atoms with Gasteiger partial charge < -0.3 is 14.9 Å². The average molecular weight is 499 g/mol. The lowest BCUT2D eigenvalue weighted by molar-refractivity contribution is -0.152. The van der Waals surface area contributed by atoms with E-state index in [4.69, 9.17) is 9.84 Å². The molecule has 0 aliphatic rings. The maximum atomic E-state index is 12.6. The van der Waals surface area contributed by atoms with E-state index in [1.54, 1.807) is 0 Å². The highest BCUT2D eigenvalue weighted by atomic mass is 16.5. The Balaban J connectivity index is 3.91. The van der Waals surface area contributed by atoms with Gasteiger partial charge in [0.25, 0.3) is 0 Å². The van der Waals surface area contributed by atoms with Crippen molar-refractivity contribution in [1.82, 2.24) is 0 Å². The number of aliphatic hydroxyl groups is 2. The van der Waals surface area contributed by atoms with Crippen LogP contribution in [0.5, 0.6) is 0 Å². The van der Waals surface area contributed by atoms with Crippen molar-refractivity contribution in [1.29, 1.82) is 0 Å². The number of unbranched alkanes of at least 4 members (excludes halogenated alkanes) is 17. The number of hydrogen-bond donors (Lipinski definition) is 2. The molecule has 0 aliphatic carbocycles. The zero-order chi connectivity index (χ0) is 26.0. The van der Waals surface area contributed by atoms with Gasteiger partial charge in [-0.25, -0.2) is 0 Å². The first-order valence-electron chi connectivity index (χ1n) is 15.5. The van der Waals surface area contributed by atoms with Crippen LogP contribution in [0.15, 0.2) is 0 Å². The molecule has 0 spiro atoms. The average Bonchev–Trinajstić information content (AvgIpc) is 2.85. The van der Waals surface area contributed by atoms with Crippen LogP contribution in [0.1, 0.15) is 162 Å². The number of ether oxygens (including phenoxy) is 1. The van der Waals surface area contributed by atoms with Crippen molar-refractivity contribution in [2.45, 2.75) is 168 Å². The van der Waals surface area contributed by atoms with Crippen LogP contribution in [0.4, 0.5) is 0 Å². The first-order valence-corrected chi connectivity index (χ1v) is 15.5. The van der Waals surface area contributed by atoms with Crippen molar-refractivity contribution in [2.75, 3.05) is 13.2 Å². The Morgan fingerprint density at radius 2 is 1.00 bits per heavy atom. The molecule has 0 fully saturated rings. The highest BCUT2D eigenvalue weighted by Crippen LogP contribution is 2.21. The summed E-state index contributed by atoms with van der Waals surface area (Å²) in [6.45, 7) is 6.41. The number of carbonyl (C=O) groups excluding carboxylic acids is 1. The van der Waals surface area contributed by atoms with E-state index < -0.39 is 6.10 Å². The number of rotatable bonds is 27. The van der Waals surface area contributed by atoms with E-state index >= 15 is 0 Å². The van der Waals surface area contributed by atoms with Crippen LogP contribution in [0.25, 0.3) is 0 Å². The minimum absolute atomic E-state index is 0.0586. The molecule has 0 saturated carbocycles. The molecular weight excluding hydrogens is 436 g/mol. The number of aliphatic hydroxyl groups excluding tert-OH is 2. The molecular formula is C31H62O4. The van der Waals surface area contributed by atoms with Gasteiger partial charge in [-0.05, 0) is 18.8 Å². The van der Waals surface area contributed by atoms with Gasteiger partial charge in [0.15, 0.2) is 0 Å². The summed E-state index contributed by atoms with van der Waals surface area (Å²) < 4.78 is 5.30. The molecule has 4 nitrogen and oxygen atoms in total. The third kappa shape index (κ3) is 24.8. The second-order valence-corrected chi connectivity index (χ2v) is 11.3. The van der Waals surface area contributed by atoms with Gasteiger partial charge in [0.1, 0.15) is 12.7 Å². The lowest BCUT2D eigenvalue weighted by atomic mass is 9.94. The lowest BCUT2D eigenvalue weighted by Crippen LogP contribution is -2.25. The van der Waals surface area contributed by atoms with Gasteiger partial charge in [0.05, 0.1) is 12.5 Å². The Hall–Kier alpha value is -0.610. The Labute approximate surface area is 219 Å². The van der Waals surface area contributed by atoms with Crippen LogP contribution in [0.2, 0.25) is 0 Å². The molecule has 35 heavy (non-hydrogen) atoms. The second-order valence-electron chi connectivity index (χ2n) is 11.3. The minimum atomic E-state index is -0.970. The summed E-state index contributed by atoms with van der Waals surface area (Å²) in [4.78, 5) is 12.6. The molecule has 210 valence electrons. The summed E-state index contributed by atoms with van der Waals surface area (Å²) in [5.74, 6) is 0.603. The third-order valence-electron chi connectivity index (χ3n) is 7.20. The molecule has 0 radical (unpaired) electrons. The third-order valence-corrected chi connectivity index (χ3v) is 7.20. The van der Waals surface area contributed by atoms with Gasteiger partial charge in [-0.2, -0.15) is 0 Å². The first kappa shape index (κ1) is 34.4. The van der Waals surface area contributed by atoms with Gasteiger partial charge in [-0.3, -0.25) is 4.79 Å². The first-order chi connectivity index (χ1) is 17.0. The quantitative estimate of drug-likeness (QED) is 0.0877. The van der Waals surface area contributed by atoms with Crippen molar-refractivity contribution in [3.8, 4) is 0 Å². The normalized spacial score (nSPS) is 13.3. The molecule has 0 amide bonds. The van der Waals surface area contributed by atoms with Crippen LogP contribution >= 0.6 is 0 Å². The van der Waals surface area contributed by atoms with Crippen LogP contribution in [-0.2, 0) is 9.53 Å². The van der Waals surface area contributed by atoms with E-state index in [9.17, 15) is 9.90 Å². The SMILES string of the molecule is CCCCCCCCCCC(CCCCCCCCCCCCCC(C)C)C(=O)OCC(O)CO. The Morgan fingerprint density at radius 3 is 1.37 bits per heavy atom. The largest absolute Gasteiger partial charge is 0.463 e. The topological polar surface area (TPSA) is 66.8 Å². The molecule has 2 atom stereocenters. The van der Waals surface area contributed by atoms with Crippen LogP contribution in [0, 0.1) is 11.8 Å². The molecule has 0 saturated heterocycles. The van der Waals surface area contributed by atoms with Crippen molar-refractivity contribution in [3.63, 3.8) is 0 Å². The van der Waals surface area contributed by atoms with Crippen molar-refractivity contribution in [3.05, 3.63) is 0 Å². The summed E-state index contributed by atoms with van der Waals surface area (Å²) in [6.07, 6.45) is 26.8. The summed E-state index contributed by atoms with van der Waals surface area (Å²) >= 11 is 0. The number of esters is 1. The van der Waals surface area contributed by atoms with E-state index in [1.165, 1.54) is 116 Å². The molecule has 0 aromatic heterocycles. The molecule has 0 bridgehead atoms. The van der Waals surface area contributed by atoms with E-state index in [1.807, 2.05) is 0 Å². The lowest BCUT2D eigenvalue weighted by Gasteiger charge is -2.17. The molecule has 0 aromatic rings. The van der Waals surface area contributed by atoms with E-state index in [-0.39, 0.29) is 25.1 Å². The molecule has 0 aliphatic heterocycles. The summed E-state index contributed by atoms with van der Waals surface area (Å²) in [5, 5.41) is 18.5. The van der Waals surface area contributed by atoms with Crippen molar-refractivity contribution >= 4 is 5.97 Å². The Bertz CT molecular complexity index is 438. The standard InChI is InChI=1S/C31H62O4/c1-4-5-6-7-8-15-18-21-24-29(31(34)35-27-30(33)26-32)25-22-19-16-13-11-9-10-12-14-17-20-23-28(2)3/h28-30,32-33H,4-27H2,1-3H3. The van der Waals surface area contributed by atoms with Crippen molar-refractivity contribution in [2.24, 2.45) is 11.8 Å². The summed E-state index contributed by atoms with van der Waals surface area (Å²) in [5.41, 5.74) is 0. The van der Waals surface area contributed by atoms with Gasteiger partial charge >= 0.3 is 5.97 Å². The smallest absolute Gasteiger partial charge is 0.309 e. The van der Waals surface area contributed by atoms with Gasteiger partial charge in [0, 0.05) is 0 Å². The van der Waals surface area contributed by atoms with E-state index in [2.05, 4.69) is 20.8 Å². The maximum Gasteiger partial charge on any atom is 0.309 e. The molecule has 0 rings (SSSR count). The fourth-order valence-corrected chi connectivity index (χ4v) is 4.79. The molecule has 4 heteroatoms. The second kappa shape index (κ2) is 26.5. The van der Waals surface area contributed by atoms with E-state index in [0.29, 0.717) is 0 Å². The predicted octanol–water partition coefficient (Wildman–Crippen LogP) is 8.76. The summed E-state index contributed by atoms with van der Waals surface area (Å²) in [6, 6.07) is 0. The molecule has 0 aromatic carbocycles. The summed E-state index contributed by atoms with van der Waals surface area (Å²) in [7, 11) is 0. The molecule has 2 unspecified atom stereocenters. The van der Waals surface area contributed by atoms with Crippen LogP contribution in [-0.4, -0.2) is 35.5 Å². The van der Waals surface area contributed by atoms with Crippen LogP contribution in [0.3, 0.4) is 0 Å². The number of carbonyl (C=O) groups is 1. The highest BCUT2D eigenvalue weighted by molar-refractivity contribution is 5.72. The maximum absolute atomic E-state index is 12.6. The zero-order valence-electron chi connectivity index (χ0n) is 23.9. The Morgan fingerprint density at radius 1 is 0.629 bits per heavy atom.